The van der Waals surface area contributed by atoms with Crippen LogP contribution in [0.25, 0.3) is 11.2 Å². The first-order chi connectivity index (χ1) is 13.6. The molecule has 144 valence electrons. The molecule has 28 heavy (non-hydrogen) atoms. The minimum Gasteiger partial charge on any atom is -0.388 e. The highest BCUT2D eigenvalue weighted by molar-refractivity contribution is 6.31. The van der Waals surface area contributed by atoms with Gasteiger partial charge >= 0.3 is 0 Å². The molecule has 1 amide bonds. The smallest absolute Gasteiger partial charge is 0.255 e. The summed E-state index contributed by atoms with van der Waals surface area (Å²) < 4.78 is 5.30. The number of fused-ring (bicyclic) bond motifs is 1. The highest BCUT2D eigenvalue weighted by atomic mass is 35.5. The molecule has 1 saturated heterocycles. The molecule has 9 heteroatoms. The fourth-order valence-electron chi connectivity index (χ4n) is 3.18. The Balaban J connectivity index is 1.67. The number of hydrogen-bond donors (Lipinski definition) is 4. The zero-order valence-electron chi connectivity index (χ0n) is 15.2. The van der Waals surface area contributed by atoms with Crippen LogP contribution in [-0.2, 0) is 4.74 Å². The van der Waals surface area contributed by atoms with E-state index in [1.165, 1.54) is 6.20 Å². The third-order valence-corrected chi connectivity index (χ3v) is 4.90. The van der Waals surface area contributed by atoms with Crippen LogP contribution in [0, 0.1) is 5.41 Å². The number of nitrogens with one attached hydrogen (secondary N) is 4. The topological polar surface area (TPSA) is 116 Å². The Kier molecular flexibility index (Phi) is 4.97. The van der Waals surface area contributed by atoms with E-state index in [2.05, 4.69) is 25.6 Å². The molecule has 0 spiro atoms. The van der Waals surface area contributed by atoms with Crippen LogP contribution in [-0.4, -0.2) is 52.9 Å². The third-order valence-electron chi connectivity index (χ3n) is 4.67. The number of ether oxygens (including phenoxy) is 1. The molecule has 4 rings (SSSR count). The van der Waals surface area contributed by atoms with Crippen molar-refractivity contribution in [2.24, 2.45) is 0 Å². The molecule has 1 atom stereocenters. The number of halogens is 1. The van der Waals surface area contributed by atoms with Crippen molar-refractivity contribution in [3.8, 4) is 0 Å². The minimum absolute atomic E-state index is 0.000792. The van der Waals surface area contributed by atoms with Crippen molar-refractivity contribution < 1.29 is 9.53 Å². The second kappa shape index (κ2) is 7.57. The molecule has 2 aromatic heterocycles. The van der Waals surface area contributed by atoms with Gasteiger partial charge in [0.1, 0.15) is 11.2 Å². The Bertz CT molecular complexity index is 1060. The Hall–Kier alpha value is -2.97. The van der Waals surface area contributed by atoms with Crippen LogP contribution in [0.2, 0.25) is 5.02 Å². The molecule has 0 aliphatic carbocycles. The summed E-state index contributed by atoms with van der Waals surface area (Å²) in [6.07, 6.45) is 3.89. The summed E-state index contributed by atoms with van der Waals surface area (Å²) in [5.41, 5.74) is 3.23. The van der Waals surface area contributed by atoms with Crippen LogP contribution in [0.3, 0.4) is 0 Å². The average molecular weight is 399 g/mol. The number of carbonyl (C=O) groups is 1. The highest BCUT2D eigenvalue weighted by Gasteiger charge is 2.22. The number of nitrogens with zero attached hydrogens (tertiary/aromatic N) is 2. The zero-order chi connectivity index (χ0) is 19.7. The Morgan fingerprint density at radius 3 is 3.00 bits per heavy atom. The fraction of sp³-hybridized carbons (Fsp3) is 0.263. The number of aromatic nitrogens is 3. The molecule has 1 aliphatic rings. The molecule has 8 nitrogen and oxygen atoms in total. The van der Waals surface area contributed by atoms with Gasteiger partial charge in [-0.05, 0) is 24.6 Å². The predicted octanol–water partition coefficient (Wildman–Crippen LogP) is 2.59. The zero-order valence-corrected chi connectivity index (χ0v) is 15.9. The summed E-state index contributed by atoms with van der Waals surface area (Å²) in [7, 11) is 1.76. The van der Waals surface area contributed by atoms with E-state index in [4.69, 9.17) is 21.7 Å². The fourth-order valence-corrected chi connectivity index (χ4v) is 3.35. The van der Waals surface area contributed by atoms with Crippen molar-refractivity contribution >= 4 is 40.1 Å². The van der Waals surface area contributed by atoms with Gasteiger partial charge in [-0.25, -0.2) is 9.97 Å². The van der Waals surface area contributed by atoms with Crippen molar-refractivity contribution in [1.82, 2.24) is 20.3 Å². The van der Waals surface area contributed by atoms with E-state index in [-0.39, 0.29) is 17.7 Å². The van der Waals surface area contributed by atoms with Gasteiger partial charge in [-0.15, -0.1) is 0 Å². The summed E-state index contributed by atoms with van der Waals surface area (Å²) in [5.74, 6) is -0.234. The summed E-state index contributed by atoms with van der Waals surface area (Å²) in [6.45, 7) is 1.16. The second-order valence-corrected chi connectivity index (χ2v) is 6.94. The van der Waals surface area contributed by atoms with E-state index in [0.717, 1.165) is 6.42 Å². The number of benzene rings is 1. The molecular weight excluding hydrogens is 380 g/mol. The van der Waals surface area contributed by atoms with Gasteiger partial charge in [0.2, 0.25) is 0 Å². The van der Waals surface area contributed by atoms with Gasteiger partial charge in [0.05, 0.1) is 30.1 Å². The first kappa shape index (κ1) is 18.4. The molecular formula is C19H19ClN6O2. The molecule has 1 unspecified atom stereocenters. The van der Waals surface area contributed by atoms with Gasteiger partial charge in [-0.2, -0.15) is 0 Å². The lowest BCUT2D eigenvalue weighted by Gasteiger charge is -2.11. The van der Waals surface area contributed by atoms with Crippen molar-refractivity contribution in [2.75, 3.05) is 25.6 Å². The quantitative estimate of drug-likeness (QED) is 0.493. The second-order valence-electron chi connectivity index (χ2n) is 6.50. The van der Waals surface area contributed by atoms with Gasteiger partial charge in [0.15, 0.2) is 5.65 Å². The maximum Gasteiger partial charge on any atom is 0.255 e. The number of hydrogen-bond acceptors (Lipinski definition) is 6. The number of anilines is 1. The Morgan fingerprint density at radius 2 is 2.25 bits per heavy atom. The van der Waals surface area contributed by atoms with Crippen molar-refractivity contribution in [1.29, 1.82) is 5.41 Å². The number of H-pyrrole nitrogens is 1. The average Bonchev–Trinajstić information content (AvgIpc) is 3.36. The van der Waals surface area contributed by atoms with E-state index in [9.17, 15) is 4.79 Å². The van der Waals surface area contributed by atoms with E-state index in [1.807, 2.05) is 0 Å². The van der Waals surface area contributed by atoms with Crippen molar-refractivity contribution in [3.63, 3.8) is 0 Å². The summed E-state index contributed by atoms with van der Waals surface area (Å²) >= 11 is 6.04. The van der Waals surface area contributed by atoms with Gasteiger partial charge in [-0.1, -0.05) is 11.6 Å². The van der Waals surface area contributed by atoms with Crippen LogP contribution < -0.4 is 10.6 Å². The molecule has 1 aromatic carbocycles. The van der Waals surface area contributed by atoms with Crippen LogP contribution in [0.1, 0.15) is 28.0 Å². The third kappa shape index (κ3) is 3.44. The first-order valence-electron chi connectivity index (χ1n) is 8.86. The Morgan fingerprint density at radius 1 is 1.39 bits per heavy atom. The molecule has 1 fully saturated rings. The van der Waals surface area contributed by atoms with Crippen LogP contribution in [0.5, 0.6) is 0 Å². The van der Waals surface area contributed by atoms with E-state index in [1.54, 1.807) is 31.4 Å². The SMILES string of the molecule is CNc1cc(Cl)ccc1C(=N)c1cnc2[nH]cc(C(=O)NC3CCOC3)c2n1. The minimum atomic E-state index is -0.234. The Labute approximate surface area is 166 Å². The van der Waals surface area contributed by atoms with Crippen LogP contribution in [0.15, 0.2) is 30.6 Å². The lowest BCUT2D eigenvalue weighted by Crippen LogP contribution is -2.34. The number of aromatic amines is 1. The van der Waals surface area contributed by atoms with Gasteiger partial charge in [-0.3, -0.25) is 10.2 Å². The lowest BCUT2D eigenvalue weighted by molar-refractivity contribution is 0.0931. The normalized spacial score (nSPS) is 16.3. The first-order valence-corrected chi connectivity index (χ1v) is 9.24. The maximum atomic E-state index is 12.6. The van der Waals surface area contributed by atoms with E-state index in [0.29, 0.717) is 51.9 Å². The van der Waals surface area contributed by atoms with Crippen molar-refractivity contribution in [3.05, 3.63) is 52.4 Å². The molecule has 1 aliphatic heterocycles. The lowest BCUT2D eigenvalue weighted by atomic mass is 10.1. The van der Waals surface area contributed by atoms with Gasteiger partial charge in [0.25, 0.3) is 5.91 Å². The number of rotatable bonds is 5. The van der Waals surface area contributed by atoms with E-state index < -0.39 is 0 Å². The number of amides is 1. The summed E-state index contributed by atoms with van der Waals surface area (Å²) in [6, 6.07) is 5.22. The van der Waals surface area contributed by atoms with Gasteiger partial charge < -0.3 is 20.4 Å². The molecule has 3 heterocycles. The van der Waals surface area contributed by atoms with Crippen molar-refractivity contribution in [2.45, 2.75) is 12.5 Å². The molecule has 0 radical (unpaired) electrons. The highest BCUT2D eigenvalue weighted by Crippen LogP contribution is 2.24. The van der Waals surface area contributed by atoms with Crippen LogP contribution >= 0.6 is 11.6 Å². The molecule has 3 aromatic rings. The summed E-state index contributed by atoms with van der Waals surface area (Å²) in [5, 5.41) is 15.1. The van der Waals surface area contributed by atoms with Crippen LogP contribution in [0.4, 0.5) is 5.69 Å². The molecule has 0 bridgehead atoms. The standard InChI is InChI=1S/C19H19ClN6O2/c1-22-14-6-10(20)2-3-12(14)16(21)15-8-24-18-17(26-15)13(7-23-18)19(27)25-11-4-5-28-9-11/h2-3,6-8,11,21-22H,4-5,9H2,1H3,(H,23,24)(H,25,27). The predicted molar refractivity (Wildman–Crippen MR) is 108 cm³/mol. The molecule has 0 saturated carbocycles. The molecule has 4 N–H and O–H groups in total. The monoisotopic (exact) mass is 398 g/mol. The van der Waals surface area contributed by atoms with Gasteiger partial charge in [0, 0.05) is 36.1 Å². The van der Waals surface area contributed by atoms with E-state index >= 15 is 0 Å². The number of carbonyl (C=O) groups excluding carboxylic acids is 1. The maximum absolute atomic E-state index is 12.6. The largest absolute Gasteiger partial charge is 0.388 e. The summed E-state index contributed by atoms with van der Waals surface area (Å²) in [4.78, 5) is 24.5.